The third-order valence-electron chi connectivity index (χ3n) is 8.11. The van der Waals surface area contributed by atoms with Gasteiger partial charge in [-0.3, -0.25) is 9.59 Å². The zero-order chi connectivity index (χ0) is 19.5. The van der Waals surface area contributed by atoms with E-state index in [0.29, 0.717) is 30.2 Å². The summed E-state index contributed by atoms with van der Waals surface area (Å²) in [5, 5.41) is 3.27. The molecule has 5 fully saturated rings. The fourth-order valence-corrected chi connectivity index (χ4v) is 6.25. The molecule has 0 aromatic rings. The number of hydrogen-bond donors (Lipinski definition) is 1. The number of amides is 2. The predicted octanol–water partition coefficient (Wildman–Crippen LogP) is 3.18. The largest absolute Gasteiger partial charge is 0.353 e. The third kappa shape index (κ3) is 4.72. The summed E-state index contributed by atoms with van der Waals surface area (Å²) in [7, 11) is 2.03. The first-order valence-corrected chi connectivity index (χ1v) is 11.9. The first-order valence-electron chi connectivity index (χ1n) is 11.9. The lowest BCUT2D eigenvalue weighted by atomic mass is 9.81. The Kier molecular flexibility index (Phi) is 6.59. The van der Waals surface area contributed by atoms with E-state index in [1.807, 2.05) is 7.05 Å². The highest BCUT2D eigenvalue weighted by molar-refractivity contribution is 5.79. The van der Waals surface area contributed by atoms with Gasteiger partial charge in [0.25, 0.3) is 0 Å². The number of hydrogen-bond acceptors (Lipinski definition) is 3. The van der Waals surface area contributed by atoms with Crippen LogP contribution in [0.15, 0.2) is 0 Å². The van der Waals surface area contributed by atoms with Gasteiger partial charge in [-0.2, -0.15) is 0 Å². The van der Waals surface area contributed by atoms with Crippen LogP contribution in [0.5, 0.6) is 0 Å². The lowest BCUT2D eigenvalue weighted by molar-refractivity contribution is -0.141. The first kappa shape index (κ1) is 20.2. The Morgan fingerprint density at radius 2 is 1.61 bits per heavy atom. The standard InChI is InChI=1S/C23H39N3O2/c1-25(21-16-26-13-11-18(21)12-14-26)23(28)19-7-9-20(10-8-19)24-22(27)15-17-5-3-2-4-6-17/h17-21H,2-16H2,1H3,(H,24,27). The minimum Gasteiger partial charge on any atom is -0.353 e. The Morgan fingerprint density at radius 1 is 0.929 bits per heavy atom. The molecule has 0 aromatic carbocycles. The lowest BCUT2D eigenvalue weighted by Gasteiger charge is -2.48. The fourth-order valence-electron chi connectivity index (χ4n) is 6.25. The molecule has 3 aliphatic heterocycles. The molecular weight excluding hydrogens is 350 g/mol. The molecule has 158 valence electrons. The van der Waals surface area contributed by atoms with Crippen LogP contribution in [-0.2, 0) is 9.59 Å². The Balaban J connectivity index is 1.20. The van der Waals surface area contributed by atoms with E-state index >= 15 is 0 Å². The van der Waals surface area contributed by atoms with Crippen LogP contribution in [-0.4, -0.2) is 60.4 Å². The normalized spacial score (nSPS) is 36.1. The molecule has 2 aliphatic carbocycles. The van der Waals surface area contributed by atoms with Crippen LogP contribution in [0.25, 0.3) is 0 Å². The van der Waals surface area contributed by atoms with Gasteiger partial charge in [0.05, 0.1) is 0 Å². The summed E-state index contributed by atoms with van der Waals surface area (Å²) in [5.41, 5.74) is 0. The van der Waals surface area contributed by atoms with Gasteiger partial charge < -0.3 is 15.1 Å². The van der Waals surface area contributed by atoms with Gasteiger partial charge in [-0.25, -0.2) is 0 Å². The molecule has 3 heterocycles. The van der Waals surface area contributed by atoms with E-state index in [1.54, 1.807) is 0 Å². The molecule has 1 atom stereocenters. The summed E-state index contributed by atoms with van der Waals surface area (Å²) in [6, 6.07) is 0.699. The Morgan fingerprint density at radius 3 is 2.21 bits per heavy atom. The van der Waals surface area contributed by atoms with Crippen molar-refractivity contribution >= 4 is 11.8 Å². The van der Waals surface area contributed by atoms with Crippen molar-refractivity contribution in [1.29, 1.82) is 0 Å². The van der Waals surface area contributed by atoms with E-state index in [9.17, 15) is 9.59 Å². The minimum atomic E-state index is 0.159. The molecule has 0 aromatic heterocycles. The molecule has 3 saturated heterocycles. The third-order valence-corrected chi connectivity index (χ3v) is 8.11. The Bertz CT molecular complexity index is 544. The maximum absolute atomic E-state index is 13.1. The van der Waals surface area contributed by atoms with E-state index in [4.69, 9.17) is 0 Å². The van der Waals surface area contributed by atoms with Gasteiger partial charge in [-0.15, -0.1) is 0 Å². The zero-order valence-corrected chi connectivity index (χ0v) is 17.7. The van der Waals surface area contributed by atoms with Crippen molar-refractivity contribution in [3.8, 4) is 0 Å². The van der Waals surface area contributed by atoms with E-state index < -0.39 is 0 Å². The van der Waals surface area contributed by atoms with Crippen LogP contribution in [0.2, 0.25) is 0 Å². The molecule has 28 heavy (non-hydrogen) atoms. The molecule has 1 N–H and O–H groups in total. The molecule has 2 saturated carbocycles. The summed E-state index contributed by atoms with van der Waals surface area (Å²) in [6.07, 6.45) is 13.4. The second-order valence-corrected chi connectivity index (χ2v) is 9.98. The number of nitrogens with one attached hydrogen (secondary N) is 1. The van der Waals surface area contributed by atoms with Crippen molar-refractivity contribution in [3.63, 3.8) is 0 Å². The maximum Gasteiger partial charge on any atom is 0.225 e. The summed E-state index contributed by atoms with van der Waals surface area (Å²) < 4.78 is 0. The molecule has 1 unspecified atom stereocenters. The summed E-state index contributed by atoms with van der Waals surface area (Å²) in [4.78, 5) is 30.1. The van der Waals surface area contributed by atoms with Crippen LogP contribution >= 0.6 is 0 Å². The topological polar surface area (TPSA) is 52.7 Å². The van der Waals surface area contributed by atoms with Gasteiger partial charge in [-0.05, 0) is 76.3 Å². The fraction of sp³-hybridized carbons (Fsp3) is 0.913. The number of carbonyl (C=O) groups is 2. The number of nitrogens with zero attached hydrogens (tertiary/aromatic N) is 2. The van der Waals surface area contributed by atoms with Gasteiger partial charge in [0.2, 0.25) is 11.8 Å². The molecule has 5 heteroatoms. The van der Waals surface area contributed by atoms with Gasteiger partial charge in [-0.1, -0.05) is 19.3 Å². The van der Waals surface area contributed by atoms with Gasteiger partial charge in [0.1, 0.15) is 0 Å². The van der Waals surface area contributed by atoms with Crippen LogP contribution in [0.1, 0.15) is 77.0 Å². The Hall–Kier alpha value is -1.10. The van der Waals surface area contributed by atoms with Crippen LogP contribution in [0, 0.1) is 17.8 Å². The van der Waals surface area contributed by atoms with Crippen molar-refractivity contribution in [3.05, 3.63) is 0 Å². The van der Waals surface area contributed by atoms with E-state index in [1.165, 1.54) is 58.0 Å². The average Bonchev–Trinajstić information content (AvgIpc) is 2.74. The number of carbonyl (C=O) groups excluding carboxylic acids is 2. The Labute approximate surface area is 170 Å². The predicted molar refractivity (Wildman–Crippen MR) is 111 cm³/mol. The highest BCUT2D eigenvalue weighted by atomic mass is 16.2. The van der Waals surface area contributed by atoms with Crippen molar-refractivity contribution in [2.45, 2.75) is 89.1 Å². The number of fused-ring (bicyclic) bond motifs is 3. The minimum absolute atomic E-state index is 0.159. The number of likely N-dealkylation sites (N-methyl/N-ethyl adjacent to an activating group) is 1. The first-order chi connectivity index (χ1) is 13.6. The maximum atomic E-state index is 13.1. The SMILES string of the molecule is CN(C(=O)C1CCC(NC(=O)CC2CCCCC2)CC1)C1CN2CCC1CC2. The number of piperidine rings is 3. The second-order valence-electron chi connectivity index (χ2n) is 9.98. The van der Waals surface area contributed by atoms with Crippen molar-refractivity contribution in [2.75, 3.05) is 26.7 Å². The van der Waals surface area contributed by atoms with Crippen molar-refractivity contribution < 1.29 is 9.59 Å². The molecule has 2 amide bonds. The molecule has 2 bridgehead atoms. The van der Waals surface area contributed by atoms with Crippen LogP contribution in [0.4, 0.5) is 0 Å². The lowest BCUT2D eigenvalue weighted by Crippen LogP contribution is -2.58. The smallest absolute Gasteiger partial charge is 0.225 e. The summed E-state index contributed by atoms with van der Waals surface area (Å²) in [6.45, 7) is 3.50. The molecule has 5 aliphatic rings. The van der Waals surface area contributed by atoms with E-state index in [-0.39, 0.29) is 17.9 Å². The average molecular weight is 390 g/mol. The van der Waals surface area contributed by atoms with E-state index in [2.05, 4.69) is 15.1 Å². The molecule has 5 nitrogen and oxygen atoms in total. The molecule has 5 rings (SSSR count). The zero-order valence-electron chi connectivity index (χ0n) is 17.7. The number of rotatable bonds is 5. The quantitative estimate of drug-likeness (QED) is 0.786. The van der Waals surface area contributed by atoms with E-state index in [0.717, 1.165) is 32.2 Å². The summed E-state index contributed by atoms with van der Waals surface area (Å²) >= 11 is 0. The van der Waals surface area contributed by atoms with Crippen molar-refractivity contribution in [1.82, 2.24) is 15.1 Å². The van der Waals surface area contributed by atoms with Crippen molar-refractivity contribution in [2.24, 2.45) is 17.8 Å². The highest BCUT2D eigenvalue weighted by Crippen LogP contribution is 2.33. The second kappa shape index (κ2) is 9.15. The molecule has 0 spiro atoms. The molecular formula is C23H39N3O2. The van der Waals surface area contributed by atoms with Gasteiger partial charge >= 0.3 is 0 Å². The van der Waals surface area contributed by atoms with Crippen LogP contribution < -0.4 is 5.32 Å². The van der Waals surface area contributed by atoms with Gasteiger partial charge in [0, 0.05) is 38.0 Å². The summed E-state index contributed by atoms with van der Waals surface area (Å²) in [5.74, 6) is 2.06. The van der Waals surface area contributed by atoms with Gasteiger partial charge in [0.15, 0.2) is 0 Å². The monoisotopic (exact) mass is 389 g/mol. The molecule has 0 radical (unpaired) electrons. The highest BCUT2D eigenvalue weighted by Gasteiger charge is 2.39. The van der Waals surface area contributed by atoms with Crippen LogP contribution in [0.3, 0.4) is 0 Å².